The van der Waals surface area contributed by atoms with Gasteiger partial charge in [0.25, 0.3) is 0 Å². The largest absolute Gasteiger partial charge is 0.378 e. The Hall–Kier alpha value is -1.95. The lowest BCUT2D eigenvalue weighted by atomic mass is 10.1. The Balaban J connectivity index is 2.04. The number of rotatable bonds is 3. The van der Waals surface area contributed by atoms with Crippen molar-refractivity contribution < 1.29 is 4.74 Å². The van der Waals surface area contributed by atoms with Crippen molar-refractivity contribution in [2.75, 3.05) is 31.2 Å². The van der Waals surface area contributed by atoms with Gasteiger partial charge in [0.15, 0.2) is 0 Å². The number of aromatic amines is 1. The van der Waals surface area contributed by atoms with Crippen LogP contribution < -0.4 is 4.90 Å². The van der Waals surface area contributed by atoms with Gasteiger partial charge in [0.2, 0.25) is 5.95 Å². The predicted octanol–water partition coefficient (Wildman–Crippen LogP) is 1.88. The molecule has 1 aliphatic rings. The molecule has 21 heavy (non-hydrogen) atoms. The molecule has 6 nitrogen and oxygen atoms in total. The number of H-pyrrole nitrogens is 1. The number of nitrogens with one attached hydrogen (secondary N) is 1. The topological polar surface area (TPSA) is 66.9 Å². The Kier molecular flexibility index (Phi) is 3.88. The standard InChI is InChI=1S/C15H21N5O/c1-4-12-9-13(14-10(2)18-19-11(14)3)17-15(16-12)20-5-7-21-8-6-20/h9H,4-8H2,1-3H3,(H,18,19). The maximum absolute atomic E-state index is 5.41. The van der Waals surface area contributed by atoms with E-state index in [0.717, 1.165) is 67.0 Å². The second kappa shape index (κ2) is 5.81. The van der Waals surface area contributed by atoms with Crippen LogP contribution in [0.1, 0.15) is 24.0 Å². The molecule has 6 heteroatoms. The summed E-state index contributed by atoms with van der Waals surface area (Å²) in [6.45, 7) is 9.30. The summed E-state index contributed by atoms with van der Waals surface area (Å²) >= 11 is 0. The molecule has 1 aliphatic heterocycles. The van der Waals surface area contributed by atoms with Crippen molar-refractivity contribution in [3.8, 4) is 11.3 Å². The molecule has 2 aromatic rings. The van der Waals surface area contributed by atoms with E-state index in [-0.39, 0.29) is 0 Å². The van der Waals surface area contributed by atoms with Crippen LogP contribution in [0.15, 0.2) is 6.07 Å². The molecule has 1 fully saturated rings. The lowest BCUT2D eigenvalue weighted by Gasteiger charge is -2.27. The van der Waals surface area contributed by atoms with Crippen LogP contribution in [-0.2, 0) is 11.2 Å². The maximum Gasteiger partial charge on any atom is 0.226 e. The lowest BCUT2D eigenvalue weighted by Crippen LogP contribution is -2.37. The number of aryl methyl sites for hydroxylation is 3. The first-order chi connectivity index (χ1) is 10.2. The highest BCUT2D eigenvalue weighted by atomic mass is 16.5. The Morgan fingerprint density at radius 2 is 2.00 bits per heavy atom. The van der Waals surface area contributed by atoms with E-state index < -0.39 is 0 Å². The SMILES string of the molecule is CCc1cc(-c2c(C)n[nH]c2C)nc(N2CCOCC2)n1. The fraction of sp³-hybridized carbons (Fsp3) is 0.533. The quantitative estimate of drug-likeness (QED) is 0.933. The zero-order valence-corrected chi connectivity index (χ0v) is 12.8. The molecule has 0 aliphatic carbocycles. The van der Waals surface area contributed by atoms with E-state index in [4.69, 9.17) is 9.72 Å². The fourth-order valence-corrected chi connectivity index (χ4v) is 2.63. The van der Waals surface area contributed by atoms with Gasteiger partial charge in [-0.2, -0.15) is 5.10 Å². The van der Waals surface area contributed by atoms with Crippen molar-refractivity contribution in [2.24, 2.45) is 0 Å². The second-order valence-electron chi connectivity index (χ2n) is 5.31. The van der Waals surface area contributed by atoms with E-state index in [1.54, 1.807) is 0 Å². The Labute approximate surface area is 124 Å². The van der Waals surface area contributed by atoms with E-state index >= 15 is 0 Å². The lowest BCUT2D eigenvalue weighted by molar-refractivity contribution is 0.122. The minimum absolute atomic E-state index is 0.735. The molecule has 0 bridgehead atoms. The smallest absolute Gasteiger partial charge is 0.226 e. The van der Waals surface area contributed by atoms with Crippen molar-refractivity contribution in [2.45, 2.75) is 27.2 Å². The average Bonchev–Trinajstić information content (AvgIpc) is 2.86. The number of ether oxygens (including phenoxy) is 1. The first kappa shape index (κ1) is 14.0. The normalized spacial score (nSPS) is 15.5. The highest BCUT2D eigenvalue weighted by Gasteiger charge is 2.18. The predicted molar refractivity (Wildman–Crippen MR) is 81.5 cm³/mol. The molecular weight excluding hydrogens is 266 g/mol. The first-order valence-electron chi connectivity index (χ1n) is 7.41. The van der Waals surface area contributed by atoms with Crippen molar-refractivity contribution >= 4 is 5.95 Å². The van der Waals surface area contributed by atoms with Crippen LogP contribution in [0.3, 0.4) is 0 Å². The third-order valence-corrected chi connectivity index (χ3v) is 3.81. The van der Waals surface area contributed by atoms with Gasteiger partial charge in [-0.15, -0.1) is 0 Å². The van der Waals surface area contributed by atoms with Crippen LogP contribution in [0.25, 0.3) is 11.3 Å². The van der Waals surface area contributed by atoms with Gasteiger partial charge in [0.05, 0.1) is 24.6 Å². The van der Waals surface area contributed by atoms with Crippen LogP contribution in [0, 0.1) is 13.8 Å². The van der Waals surface area contributed by atoms with Gasteiger partial charge >= 0.3 is 0 Å². The monoisotopic (exact) mass is 287 g/mol. The summed E-state index contributed by atoms with van der Waals surface area (Å²) in [6.07, 6.45) is 0.892. The summed E-state index contributed by atoms with van der Waals surface area (Å²) in [5.41, 5.74) is 5.11. The van der Waals surface area contributed by atoms with Gasteiger partial charge < -0.3 is 9.64 Å². The Morgan fingerprint density at radius 1 is 1.24 bits per heavy atom. The van der Waals surface area contributed by atoms with E-state index in [1.807, 2.05) is 13.8 Å². The van der Waals surface area contributed by atoms with Crippen molar-refractivity contribution in [1.29, 1.82) is 0 Å². The second-order valence-corrected chi connectivity index (χ2v) is 5.31. The maximum atomic E-state index is 5.41. The van der Waals surface area contributed by atoms with Gasteiger partial charge in [0.1, 0.15) is 0 Å². The van der Waals surface area contributed by atoms with Crippen LogP contribution in [0.5, 0.6) is 0 Å². The third kappa shape index (κ3) is 2.76. The van der Waals surface area contributed by atoms with Crippen LogP contribution >= 0.6 is 0 Å². The summed E-state index contributed by atoms with van der Waals surface area (Å²) < 4.78 is 5.41. The molecule has 3 heterocycles. The molecular formula is C15H21N5O. The number of aromatic nitrogens is 4. The molecule has 0 radical (unpaired) electrons. The van der Waals surface area contributed by atoms with Gasteiger partial charge in [-0.1, -0.05) is 6.92 Å². The van der Waals surface area contributed by atoms with E-state index in [9.17, 15) is 0 Å². The minimum atomic E-state index is 0.735. The molecule has 0 unspecified atom stereocenters. The molecule has 3 rings (SSSR count). The Bertz CT molecular complexity index is 611. The van der Waals surface area contributed by atoms with E-state index in [1.165, 1.54) is 0 Å². The summed E-state index contributed by atoms with van der Waals surface area (Å²) in [6, 6.07) is 2.06. The fourth-order valence-electron chi connectivity index (χ4n) is 2.63. The highest BCUT2D eigenvalue weighted by Crippen LogP contribution is 2.26. The molecule has 1 N–H and O–H groups in total. The summed E-state index contributed by atoms with van der Waals surface area (Å²) in [5.74, 6) is 0.799. The van der Waals surface area contributed by atoms with Crippen molar-refractivity contribution in [3.63, 3.8) is 0 Å². The summed E-state index contributed by atoms with van der Waals surface area (Å²) in [4.78, 5) is 11.6. The van der Waals surface area contributed by atoms with Gasteiger partial charge in [-0.3, -0.25) is 5.10 Å². The summed E-state index contributed by atoms with van der Waals surface area (Å²) in [5, 5.41) is 7.30. The van der Waals surface area contributed by atoms with Crippen molar-refractivity contribution in [1.82, 2.24) is 20.2 Å². The summed E-state index contributed by atoms with van der Waals surface area (Å²) in [7, 11) is 0. The van der Waals surface area contributed by atoms with E-state index in [0.29, 0.717) is 0 Å². The third-order valence-electron chi connectivity index (χ3n) is 3.81. The molecule has 112 valence electrons. The molecule has 0 atom stereocenters. The molecule has 2 aromatic heterocycles. The molecule has 0 amide bonds. The van der Waals surface area contributed by atoms with Crippen LogP contribution in [0.2, 0.25) is 0 Å². The molecule has 0 spiro atoms. The van der Waals surface area contributed by atoms with Crippen LogP contribution in [-0.4, -0.2) is 46.5 Å². The van der Waals surface area contributed by atoms with Gasteiger partial charge in [0, 0.05) is 30.0 Å². The average molecular weight is 287 g/mol. The molecule has 0 saturated carbocycles. The zero-order chi connectivity index (χ0) is 14.8. The minimum Gasteiger partial charge on any atom is -0.378 e. The van der Waals surface area contributed by atoms with Gasteiger partial charge in [-0.25, -0.2) is 9.97 Å². The van der Waals surface area contributed by atoms with E-state index in [2.05, 4.69) is 33.1 Å². The molecule has 0 aromatic carbocycles. The zero-order valence-electron chi connectivity index (χ0n) is 12.8. The first-order valence-corrected chi connectivity index (χ1v) is 7.41. The van der Waals surface area contributed by atoms with Crippen LogP contribution in [0.4, 0.5) is 5.95 Å². The number of hydrogen-bond donors (Lipinski definition) is 1. The number of anilines is 1. The van der Waals surface area contributed by atoms with Crippen molar-refractivity contribution in [3.05, 3.63) is 23.1 Å². The number of hydrogen-bond acceptors (Lipinski definition) is 5. The number of morpholine rings is 1. The molecule has 1 saturated heterocycles. The van der Waals surface area contributed by atoms with Gasteiger partial charge in [-0.05, 0) is 26.3 Å². The highest BCUT2D eigenvalue weighted by molar-refractivity contribution is 5.66. The Morgan fingerprint density at radius 3 is 2.62 bits per heavy atom. The number of nitrogens with zero attached hydrogens (tertiary/aromatic N) is 4.